The van der Waals surface area contributed by atoms with Crippen LogP contribution in [0.2, 0.25) is 0 Å². The number of rotatable bonds is 3. The molecule has 6 heteroatoms. The summed E-state index contributed by atoms with van der Waals surface area (Å²) >= 11 is 0. The number of aromatic nitrogens is 4. The van der Waals surface area contributed by atoms with Gasteiger partial charge in [0.2, 0.25) is 0 Å². The third-order valence-corrected chi connectivity index (χ3v) is 2.80. The molecule has 1 aromatic carbocycles. The van der Waals surface area contributed by atoms with Crippen molar-refractivity contribution in [1.29, 1.82) is 0 Å². The van der Waals surface area contributed by atoms with E-state index in [0.717, 1.165) is 28.2 Å². The summed E-state index contributed by atoms with van der Waals surface area (Å²) in [6, 6.07) is 7.57. The van der Waals surface area contributed by atoms with Gasteiger partial charge in [-0.3, -0.25) is 0 Å². The molecule has 0 bridgehead atoms. The first kappa shape index (κ1) is 11.5. The molecule has 6 nitrogen and oxygen atoms in total. The van der Waals surface area contributed by atoms with Crippen molar-refractivity contribution >= 4 is 22.5 Å². The molecule has 96 valence electrons. The number of aromatic amines is 1. The molecular formula is C13H13N5O. The van der Waals surface area contributed by atoms with Crippen molar-refractivity contribution in [3.63, 3.8) is 0 Å². The van der Waals surface area contributed by atoms with Crippen LogP contribution >= 0.6 is 0 Å². The van der Waals surface area contributed by atoms with E-state index in [1.54, 1.807) is 13.4 Å². The van der Waals surface area contributed by atoms with E-state index in [2.05, 4.69) is 25.5 Å². The number of nitrogens with zero attached hydrogens (tertiary/aromatic N) is 3. The predicted octanol–water partition coefficient (Wildman–Crippen LogP) is 2.41. The Morgan fingerprint density at radius 2 is 2.11 bits per heavy atom. The third-order valence-electron chi connectivity index (χ3n) is 2.80. The molecule has 0 aliphatic rings. The quantitative estimate of drug-likeness (QED) is 0.751. The molecule has 0 saturated carbocycles. The first-order valence-electron chi connectivity index (χ1n) is 5.85. The van der Waals surface area contributed by atoms with Gasteiger partial charge in [-0.15, -0.1) is 5.10 Å². The Morgan fingerprint density at radius 1 is 1.21 bits per heavy atom. The van der Waals surface area contributed by atoms with Crippen molar-refractivity contribution in [2.75, 3.05) is 12.4 Å². The van der Waals surface area contributed by atoms with Crippen LogP contribution in [0.3, 0.4) is 0 Å². The van der Waals surface area contributed by atoms with E-state index >= 15 is 0 Å². The lowest BCUT2D eigenvalue weighted by molar-refractivity contribution is 0.417. The number of nitrogens with one attached hydrogen (secondary N) is 2. The van der Waals surface area contributed by atoms with E-state index in [0.29, 0.717) is 5.82 Å². The molecule has 0 unspecified atom stereocenters. The predicted molar refractivity (Wildman–Crippen MR) is 72.7 cm³/mol. The van der Waals surface area contributed by atoms with Gasteiger partial charge in [0.1, 0.15) is 5.75 Å². The lowest BCUT2D eigenvalue weighted by Crippen LogP contribution is -1.98. The Labute approximate surface area is 109 Å². The second kappa shape index (κ2) is 4.56. The number of ether oxygens (including phenoxy) is 1. The van der Waals surface area contributed by atoms with Crippen molar-refractivity contribution < 1.29 is 4.74 Å². The Bertz CT molecular complexity index is 705. The molecule has 0 saturated heterocycles. The molecule has 2 N–H and O–H groups in total. The standard InChI is InChI=1S/C13H13N5O/c1-8-3-4-13(18-17-8)16-11-5-9-10(15-7-14-9)6-12(11)19-2/h3-7H,1-2H3,(H,14,15)(H,16,18). The number of H-pyrrole nitrogens is 1. The fourth-order valence-electron chi connectivity index (χ4n) is 1.83. The number of fused-ring (bicyclic) bond motifs is 1. The van der Waals surface area contributed by atoms with Crippen LogP contribution in [0.15, 0.2) is 30.6 Å². The molecule has 2 aromatic heterocycles. The number of hydrogen-bond donors (Lipinski definition) is 2. The highest BCUT2D eigenvalue weighted by molar-refractivity contribution is 5.84. The van der Waals surface area contributed by atoms with E-state index in [1.165, 1.54) is 0 Å². The van der Waals surface area contributed by atoms with Crippen LogP contribution in [-0.2, 0) is 0 Å². The number of anilines is 2. The summed E-state index contributed by atoms with van der Waals surface area (Å²) in [5.74, 6) is 1.39. The fraction of sp³-hybridized carbons (Fsp3) is 0.154. The minimum atomic E-state index is 0.666. The molecule has 3 rings (SSSR count). The van der Waals surface area contributed by atoms with Gasteiger partial charge in [-0.25, -0.2) is 4.98 Å². The van der Waals surface area contributed by atoms with Gasteiger partial charge in [0.05, 0.1) is 35.9 Å². The fourth-order valence-corrected chi connectivity index (χ4v) is 1.83. The maximum atomic E-state index is 5.36. The van der Waals surface area contributed by atoms with Crippen LogP contribution in [-0.4, -0.2) is 27.3 Å². The maximum absolute atomic E-state index is 5.36. The van der Waals surface area contributed by atoms with Crippen LogP contribution < -0.4 is 10.1 Å². The molecule has 0 spiro atoms. The molecule has 19 heavy (non-hydrogen) atoms. The van der Waals surface area contributed by atoms with Crippen molar-refractivity contribution in [1.82, 2.24) is 20.2 Å². The van der Waals surface area contributed by atoms with E-state index in [1.807, 2.05) is 31.2 Å². The Hall–Kier alpha value is -2.63. The van der Waals surface area contributed by atoms with Crippen LogP contribution in [0.1, 0.15) is 5.69 Å². The molecule has 0 fully saturated rings. The Balaban J connectivity index is 2.00. The van der Waals surface area contributed by atoms with Gasteiger partial charge in [0, 0.05) is 6.07 Å². The normalized spacial score (nSPS) is 10.6. The molecule has 0 aliphatic heterocycles. The summed E-state index contributed by atoms with van der Waals surface area (Å²) in [6.07, 6.45) is 1.65. The smallest absolute Gasteiger partial charge is 0.153 e. The topological polar surface area (TPSA) is 75.7 Å². The number of benzene rings is 1. The van der Waals surface area contributed by atoms with Crippen molar-refractivity contribution in [2.24, 2.45) is 0 Å². The Kier molecular flexibility index (Phi) is 2.75. The second-order valence-corrected chi connectivity index (χ2v) is 4.16. The van der Waals surface area contributed by atoms with Gasteiger partial charge in [0.25, 0.3) is 0 Å². The number of imidazole rings is 1. The average Bonchev–Trinajstić information content (AvgIpc) is 2.87. The molecule has 2 heterocycles. The molecular weight excluding hydrogens is 242 g/mol. The summed E-state index contributed by atoms with van der Waals surface area (Å²) in [6.45, 7) is 1.90. The van der Waals surface area contributed by atoms with E-state index < -0.39 is 0 Å². The van der Waals surface area contributed by atoms with Crippen LogP contribution in [0.4, 0.5) is 11.5 Å². The second-order valence-electron chi connectivity index (χ2n) is 4.16. The van der Waals surface area contributed by atoms with Gasteiger partial charge >= 0.3 is 0 Å². The highest BCUT2D eigenvalue weighted by Gasteiger charge is 2.08. The number of methoxy groups -OCH3 is 1. The van der Waals surface area contributed by atoms with Crippen molar-refractivity contribution in [3.05, 3.63) is 36.3 Å². The highest BCUT2D eigenvalue weighted by Crippen LogP contribution is 2.30. The monoisotopic (exact) mass is 255 g/mol. The molecule has 0 aliphatic carbocycles. The van der Waals surface area contributed by atoms with Gasteiger partial charge in [0.15, 0.2) is 5.82 Å². The summed E-state index contributed by atoms with van der Waals surface area (Å²) in [5, 5.41) is 11.3. The minimum Gasteiger partial charge on any atom is -0.494 e. The molecule has 0 atom stereocenters. The lowest BCUT2D eigenvalue weighted by atomic mass is 10.2. The maximum Gasteiger partial charge on any atom is 0.153 e. The zero-order valence-electron chi connectivity index (χ0n) is 10.6. The number of aryl methyl sites for hydroxylation is 1. The van der Waals surface area contributed by atoms with Crippen molar-refractivity contribution in [3.8, 4) is 5.75 Å². The minimum absolute atomic E-state index is 0.666. The molecule has 0 radical (unpaired) electrons. The van der Waals surface area contributed by atoms with E-state index in [9.17, 15) is 0 Å². The van der Waals surface area contributed by atoms with Crippen LogP contribution in [0, 0.1) is 6.92 Å². The zero-order valence-corrected chi connectivity index (χ0v) is 10.6. The third kappa shape index (κ3) is 2.20. The molecule has 3 aromatic rings. The van der Waals surface area contributed by atoms with E-state index in [-0.39, 0.29) is 0 Å². The first-order valence-corrected chi connectivity index (χ1v) is 5.85. The van der Waals surface area contributed by atoms with Crippen LogP contribution in [0.5, 0.6) is 5.75 Å². The summed E-state index contributed by atoms with van der Waals surface area (Å²) in [5.41, 5.74) is 3.47. The SMILES string of the molecule is COc1cc2[nH]cnc2cc1Nc1ccc(C)nn1. The summed E-state index contributed by atoms with van der Waals surface area (Å²) < 4.78 is 5.36. The van der Waals surface area contributed by atoms with Crippen LogP contribution in [0.25, 0.3) is 11.0 Å². The summed E-state index contributed by atoms with van der Waals surface area (Å²) in [4.78, 5) is 7.27. The Morgan fingerprint density at radius 3 is 2.84 bits per heavy atom. The first-order chi connectivity index (χ1) is 9.26. The zero-order chi connectivity index (χ0) is 13.2. The van der Waals surface area contributed by atoms with Gasteiger partial charge in [-0.2, -0.15) is 5.10 Å². The highest BCUT2D eigenvalue weighted by atomic mass is 16.5. The number of hydrogen-bond acceptors (Lipinski definition) is 5. The van der Waals surface area contributed by atoms with Gasteiger partial charge in [-0.1, -0.05) is 0 Å². The van der Waals surface area contributed by atoms with Crippen molar-refractivity contribution in [2.45, 2.75) is 6.92 Å². The lowest BCUT2D eigenvalue weighted by Gasteiger charge is -2.10. The van der Waals surface area contributed by atoms with Gasteiger partial charge < -0.3 is 15.0 Å². The largest absolute Gasteiger partial charge is 0.494 e. The summed E-state index contributed by atoms with van der Waals surface area (Å²) in [7, 11) is 1.63. The molecule has 0 amide bonds. The van der Waals surface area contributed by atoms with Gasteiger partial charge in [-0.05, 0) is 25.1 Å². The average molecular weight is 255 g/mol. The van der Waals surface area contributed by atoms with E-state index in [4.69, 9.17) is 4.74 Å².